The lowest BCUT2D eigenvalue weighted by Gasteiger charge is -2.40. The van der Waals surface area contributed by atoms with Gasteiger partial charge in [-0.1, -0.05) is 0 Å². The molecular weight excluding hydrogens is 626 g/mol. The first-order valence-corrected chi connectivity index (χ1v) is 14.1. The molecule has 1 fully saturated rings. The van der Waals surface area contributed by atoms with Crippen molar-refractivity contribution in [2.45, 2.75) is 89.5 Å². The highest BCUT2D eigenvalue weighted by atomic mass is 79.9. The molecule has 3 heterocycles. The third-order valence-electron chi connectivity index (χ3n) is 6.00. The molecule has 2 aliphatic rings. The summed E-state index contributed by atoms with van der Waals surface area (Å²) < 4.78 is 75.2. The molecule has 0 aromatic carbocycles. The molecule has 3 rings (SSSR count). The van der Waals surface area contributed by atoms with Crippen LogP contribution in [0, 0.1) is 0 Å². The van der Waals surface area contributed by atoms with Crippen molar-refractivity contribution in [1.29, 1.82) is 0 Å². The number of ether oxygens (including phenoxy) is 3. The van der Waals surface area contributed by atoms with Crippen molar-refractivity contribution in [3.05, 3.63) is 14.2 Å². The highest BCUT2D eigenvalue weighted by Crippen LogP contribution is 2.47. The number of amides is 2. The molecule has 1 N–H and O–H groups in total. The van der Waals surface area contributed by atoms with Crippen molar-refractivity contribution < 1.29 is 46.2 Å². The summed E-state index contributed by atoms with van der Waals surface area (Å²) in [6.45, 7) is 7.21. The number of alkyl halides is 4. The maximum Gasteiger partial charge on any atom is 0.410 e. The molecule has 2 atom stereocenters. The van der Waals surface area contributed by atoms with Crippen LogP contribution in [0.5, 0.6) is 0 Å². The van der Waals surface area contributed by atoms with Gasteiger partial charge in [-0.05, 0) is 57.5 Å². The first kappa shape index (κ1) is 32.2. The highest BCUT2D eigenvalue weighted by Gasteiger charge is 2.53. The van der Waals surface area contributed by atoms with Crippen LogP contribution in [0.1, 0.15) is 63.2 Å². The number of methoxy groups -OCH3 is 1. The Bertz CT molecular complexity index is 1150. The average Bonchev–Trinajstić information content (AvgIpc) is 3.25. The molecule has 2 aliphatic heterocycles. The topological polar surface area (TPSA) is 97.4 Å². The van der Waals surface area contributed by atoms with E-state index >= 15 is 0 Å². The van der Waals surface area contributed by atoms with E-state index in [0.29, 0.717) is 3.79 Å². The lowest BCUT2D eigenvalue weighted by Crippen LogP contribution is -2.58. The maximum atomic E-state index is 14.9. The number of hydrogen-bond acceptors (Lipinski definition) is 8. The van der Waals surface area contributed by atoms with Gasteiger partial charge in [0.05, 0.1) is 41.8 Å². The summed E-state index contributed by atoms with van der Waals surface area (Å²) in [7, 11) is 1.15. The second-order valence-corrected chi connectivity index (χ2v) is 14.3. The molecule has 15 heteroatoms. The number of alkyl carbamates (subject to hydrolysis) is 1. The number of carbonyl (C=O) groups is 3. The standard InChI is InChI=1S/C25H34BrF4N3O6S/c1-22(2,3)38-20(35)31-14(15-9-25(29,30)12-33(15)21(36)39-23(4,5)6)10-32-11-24(27,28)8-13-16(32)17(19(34)37-7)40-18(13)26/h14-15H,8-12H2,1-7H3,(H,31,35)/t14-,15-/m0/s1. The van der Waals surface area contributed by atoms with E-state index in [2.05, 4.69) is 21.2 Å². The predicted molar refractivity (Wildman–Crippen MR) is 144 cm³/mol. The van der Waals surface area contributed by atoms with Gasteiger partial charge in [0.2, 0.25) is 0 Å². The number of likely N-dealkylation sites (tertiary alicyclic amines) is 1. The van der Waals surface area contributed by atoms with Crippen LogP contribution in [0.25, 0.3) is 0 Å². The minimum atomic E-state index is -3.34. The van der Waals surface area contributed by atoms with Gasteiger partial charge in [0.15, 0.2) is 0 Å². The first-order valence-electron chi connectivity index (χ1n) is 12.5. The SMILES string of the molecule is COC(=O)c1sc(Br)c2c1N(C[C@H](NC(=O)OC(C)(C)C)[C@@H]1CC(F)(F)CN1C(=O)OC(C)(C)C)CC(F)(F)C2. The van der Waals surface area contributed by atoms with Crippen molar-refractivity contribution in [3.8, 4) is 0 Å². The van der Waals surface area contributed by atoms with E-state index in [0.717, 1.165) is 28.2 Å². The number of esters is 1. The number of nitrogens with zero attached hydrogens (tertiary/aromatic N) is 2. The maximum absolute atomic E-state index is 14.9. The molecule has 1 aromatic rings. The fourth-order valence-corrected chi connectivity index (χ4v) is 6.46. The predicted octanol–water partition coefficient (Wildman–Crippen LogP) is 5.83. The normalized spacial score (nSPS) is 20.9. The smallest absolute Gasteiger partial charge is 0.410 e. The summed E-state index contributed by atoms with van der Waals surface area (Å²) >= 11 is 4.16. The number of carbonyl (C=O) groups excluding carboxylic acids is 3. The number of thiophene rings is 1. The fourth-order valence-electron chi connectivity index (χ4n) is 4.66. The Morgan fingerprint density at radius 2 is 1.65 bits per heavy atom. The molecule has 1 saturated heterocycles. The van der Waals surface area contributed by atoms with Crippen LogP contribution < -0.4 is 10.2 Å². The number of halogens is 5. The second-order valence-electron chi connectivity index (χ2n) is 11.9. The Kier molecular flexibility index (Phi) is 9.01. The Morgan fingerprint density at radius 1 is 1.05 bits per heavy atom. The Morgan fingerprint density at radius 3 is 2.20 bits per heavy atom. The molecule has 0 unspecified atom stereocenters. The lowest BCUT2D eigenvalue weighted by molar-refractivity contribution is -0.00306. The monoisotopic (exact) mass is 659 g/mol. The van der Waals surface area contributed by atoms with Gasteiger partial charge in [-0.3, -0.25) is 4.90 Å². The minimum Gasteiger partial charge on any atom is -0.465 e. The van der Waals surface area contributed by atoms with Crippen molar-refractivity contribution >= 4 is 51.1 Å². The van der Waals surface area contributed by atoms with Crippen LogP contribution >= 0.6 is 27.3 Å². The van der Waals surface area contributed by atoms with Crippen LogP contribution in [0.2, 0.25) is 0 Å². The van der Waals surface area contributed by atoms with E-state index in [1.165, 1.54) is 0 Å². The van der Waals surface area contributed by atoms with Gasteiger partial charge >= 0.3 is 18.2 Å². The third kappa shape index (κ3) is 7.92. The van der Waals surface area contributed by atoms with Crippen molar-refractivity contribution in [1.82, 2.24) is 10.2 Å². The summed E-state index contributed by atoms with van der Waals surface area (Å²) in [4.78, 5) is 40.4. The molecule has 0 radical (unpaired) electrons. The zero-order valence-electron chi connectivity index (χ0n) is 23.3. The van der Waals surface area contributed by atoms with Crippen molar-refractivity contribution in [2.75, 3.05) is 31.6 Å². The van der Waals surface area contributed by atoms with E-state index in [4.69, 9.17) is 14.2 Å². The quantitative estimate of drug-likeness (QED) is 0.241. The van der Waals surface area contributed by atoms with Gasteiger partial charge < -0.3 is 24.4 Å². The summed E-state index contributed by atoms with van der Waals surface area (Å²) in [6.07, 6.45) is -3.55. The van der Waals surface area contributed by atoms with Crippen LogP contribution in [-0.4, -0.2) is 84.9 Å². The highest BCUT2D eigenvalue weighted by molar-refractivity contribution is 9.11. The fraction of sp³-hybridized carbons (Fsp3) is 0.720. The largest absolute Gasteiger partial charge is 0.465 e. The van der Waals surface area contributed by atoms with E-state index in [9.17, 15) is 31.9 Å². The van der Waals surface area contributed by atoms with E-state index in [1.807, 2.05) is 0 Å². The van der Waals surface area contributed by atoms with Crippen LogP contribution in [0.15, 0.2) is 3.79 Å². The number of rotatable bonds is 5. The summed E-state index contributed by atoms with van der Waals surface area (Å²) in [5.41, 5.74) is -1.66. The van der Waals surface area contributed by atoms with Crippen LogP contribution in [-0.2, 0) is 20.6 Å². The van der Waals surface area contributed by atoms with Crippen molar-refractivity contribution in [3.63, 3.8) is 0 Å². The zero-order chi connectivity index (χ0) is 30.4. The first-order chi connectivity index (χ1) is 18.1. The molecule has 0 saturated carbocycles. The average molecular weight is 661 g/mol. The summed E-state index contributed by atoms with van der Waals surface area (Å²) in [5, 5.41) is 2.52. The Hall–Kier alpha value is -2.29. The molecular formula is C25H34BrF4N3O6S. The number of fused-ring (bicyclic) bond motifs is 1. The molecule has 0 bridgehead atoms. The summed E-state index contributed by atoms with van der Waals surface area (Å²) in [5.74, 6) is -7.35. The van der Waals surface area contributed by atoms with Crippen LogP contribution in [0.3, 0.4) is 0 Å². The van der Waals surface area contributed by atoms with E-state index in [-0.39, 0.29) is 16.1 Å². The van der Waals surface area contributed by atoms with Gasteiger partial charge in [-0.15, -0.1) is 11.3 Å². The summed E-state index contributed by atoms with van der Waals surface area (Å²) in [6, 6.07) is -2.67. The molecule has 0 aliphatic carbocycles. The van der Waals surface area contributed by atoms with Gasteiger partial charge in [0.1, 0.15) is 16.1 Å². The van der Waals surface area contributed by atoms with Gasteiger partial charge in [0, 0.05) is 24.9 Å². The minimum absolute atomic E-state index is 0.0386. The second kappa shape index (κ2) is 11.2. The van der Waals surface area contributed by atoms with Gasteiger partial charge in [-0.2, -0.15) is 0 Å². The molecule has 1 aromatic heterocycles. The van der Waals surface area contributed by atoms with E-state index in [1.54, 1.807) is 41.5 Å². The number of anilines is 1. The number of hydrogen-bond donors (Lipinski definition) is 1. The molecule has 0 spiro atoms. The number of nitrogens with one attached hydrogen (secondary N) is 1. The van der Waals surface area contributed by atoms with Gasteiger partial charge in [-0.25, -0.2) is 31.9 Å². The zero-order valence-corrected chi connectivity index (χ0v) is 25.7. The van der Waals surface area contributed by atoms with Crippen LogP contribution in [0.4, 0.5) is 32.8 Å². The van der Waals surface area contributed by atoms with Gasteiger partial charge in [0.25, 0.3) is 11.8 Å². The Balaban J connectivity index is 2.06. The molecule has 226 valence electrons. The van der Waals surface area contributed by atoms with E-state index < -0.39 is 85.8 Å². The molecule has 2 amide bonds. The van der Waals surface area contributed by atoms with Crippen molar-refractivity contribution in [2.24, 2.45) is 0 Å². The molecule has 9 nitrogen and oxygen atoms in total. The third-order valence-corrected chi connectivity index (χ3v) is 7.95. The lowest BCUT2D eigenvalue weighted by atomic mass is 9.98. The Labute approximate surface area is 242 Å². The molecule has 40 heavy (non-hydrogen) atoms.